The van der Waals surface area contributed by atoms with Gasteiger partial charge in [-0.3, -0.25) is 0 Å². The van der Waals surface area contributed by atoms with E-state index in [1.165, 1.54) is 23.9 Å². The Morgan fingerprint density at radius 3 is 2.67 bits per heavy atom. The van der Waals surface area contributed by atoms with Crippen LogP contribution in [0.1, 0.15) is 28.5 Å². The van der Waals surface area contributed by atoms with Gasteiger partial charge in [-0.15, -0.1) is 0 Å². The molecule has 1 aromatic carbocycles. The minimum atomic E-state index is -0.509. The lowest BCUT2D eigenvalue weighted by Crippen LogP contribution is -2.07. The van der Waals surface area contributed by atoms with Crippen LogP contribution in [0.2, 0.25) is 0 Å². The maximum Gasteiger partial charge on any atom is 0.343 e. The number of methoxy groups -OCH3 is 1. The second kappa shape index (κ2) is 6.21. The number of carbonyl (C=O) groups excluding carboxylic acids is 1. The number of nitrogens with zero attached hydrogens (tertiary/aromatic N) is 2. The first-order chi connectivity index (χ1) is 10.1. The molecule has 0 bridgehead atoms. The quantitative estimate of drug-likeness (QED) is 0.878. The molecule has 1 aromatic heterocycles. The van der Waals surface area contributed by atoms with E-state index in [1.54, 1.807) is 24.4 Å². The van der Waals surface area contributed by atoms with Crippen LogP contribution in [0, 0.1) is 5.82 Å². The normalized spacial score (nSPS) is 11.0. The SMILES string of the molecule is CCc1nn(/C=C/c2ccc(F)cc2)c(N)c1C(=O)OC. The third-order valence-electron chi connectivity index (χ3n) is 3.02. The number of hydrogen-bond donors (Lipinski definition) is 1. The fourth-order valence-corrected chi connectivity index (χ4v) is 1.91. The minimum absolute atomic E-state index is 0.220. The van der Waals surface area contributed by atoms with Gasteiger partial charge in [-0.25, -0.2) is 13.9 Å². The predicted molar refractivity (Wildman–Crippen MR) is 79.0 cm³/mol. The molecule has 0 radical (unpaired) electrons. The minimum Gasteiger partial charge on any atom is -0.465 e. The molecule has 5 nitrogen and oxygen atoms in total. The van der Waals surface area contributed by atoms with Crippen LogP contribution in [0.4, 0.5) is 10.2 Å². The van der Waals surface area contributed by atoms with E-state index in [0.29, 0.717) is 12.1 Å². The van der Waals surface area contributed by atoms with E-state index in [9.17, 15) is 9.18 Å². The van der Waals surface area contributed by atoms with E-state index in [2.05, 4.69) is 5.10 Å². The van der Waals surface area contributed by atoms with Gasteiger partial charge in [-0.05, 0) is 30.2 Å². The van der Waals surface area contributed by atoms with Crippen molar-refractivity contribution in [2.75, 3.05) is 12.8 Å². The lowest BCUT2D eigenvalue weighted by Gasteiger charge is -2.00. The number of aromatic nitrogens is 2. The molecule has 0 aliphatic rings. The van der Waals surface area contributed by atoms with Crippen molar-refractivity contribution in [1.29, 1.82) is 0 Å². The Kier molecular flexibility index (Phi) is 4.37. The van der Waals surface area contributed by atoms with Crippen LogP contribution in [0.3, 0.4) is 0 Å². The number of aryl methyl sites for hydroxylation is 1. The summed E-state index contributed by atoms with van der Waals surface area (Å²) in [5, 5.41) is 4.26. The van der Waals surface area contributed by atoms with E-state index in [1.807, 2.05) is 6.92 Å². The van der Waals surface area contributed by atoms with E-state index in [-0.39, 0.29) is 17.2 Å². The van der Waals surface area contributed by atoms with Crippen molar-refractivity contribution < 1.29 is 13.9 Å². The van der Waals surface area contributed by atoms with Crippen LogP contribution >= 0.6 is 0 Å². The van der Waals surface area contributed by atoms with Gasteiger partial charge in [0.25, 0.3) is 0 Å². The summed E-state index contributed by atoms with van der Waals surface area (Å²) in [6.45, 7) is 1.88. The number of rotatable bonds is 4. The van der Waals surface area contributed by atoms with Crippen LogP contribution < -0.4 is 5.73 Å². The van der Waals surface area contributed by atoms with Crippen LogP contribution in [-0.4, -0.2) is 22.9 Å². The predicted octanol–water partition coefficient (Wildman–Crippen LogP) is 2.58. The zero-order valence-corrected chi connectivity index (χ0v) is 11.8. The van der Waals surface area contributed by atoms with Gasteiger partial charge in [0.1, 0.15) is 17.2 Å². The largest absolute Gasteiger partial charge is 0.465 e. The van der Waals surface area contributed by atoms with E-state index in [0.717, 1.165) is 5.56 Å². The van der Waals surface area contributed by atoms with Crippen molar-refractivity contribution in [3.63, 3.8) is 0 Å². The average Bonchev–Trinajstić information content (AvgIpc) is 2.82. The maximum absolute atomic E-state index is 12.8. The fourth-order valence-electron chi connectivity index (χ4n) is 1.91. The number of benzene rings is 1. The number of anilines is 1. The summed E-state index contributed by atoms with van der Waals surface area (Å²) in [5.41, 5.74) is 7.58. The highest BCUT2D eigenvalue weighted by molar-refractivity contribution is 5.96. The summed E-state index contributed by atoms with van der Waals surface area (Å²) in [7, 11) is 1.30. The lowest BCUT2D eigenvalue weighted by molar-refractivity contribution is 0.0601. The molecule has 0 amide bonds. The molecule has 0 saturated heterocycles. The Morgan fingerprint density at radius 1 is 1.43 bits per heavy atom. The molecule has 0 saturated carbocycles. The maximum atomic E-state index is 12.8. The van der Waals surface area contributed by atoms with Gasteiger partial charge in [-0.2, -0.15) is 5.10 Å². The third-order valence-corrected chi connectivity index (χ3v) is 3.02. The van der Waals surface area contributed by atoms with Crippen LogP contribution in [0.5, 0.6) is 0 Å². The molecule has 0 aliphatic heterocycles. The van der Waals surface area contributed by atoms with Crippen molar-refractivity contribution in [2.24, 2.45) is 0 Å². The van der Waals surface area contributed by atoms with Gasteiger partial charge in [0.05, 0.1) is 12.8 Å². The summed E-state index contributed by atoms with van der Waals surface area (Å²) in [4.78, 5) is 11.7. The first-order valence-electron chi connectivity index (χ1n) is 6.45. The number of nitrogens with two attached hydrogens (primary N) is 1. The van der Waals surface area contributed by atoms with Gasteiger partial charge in [0.15, 0.2) is 0 Å². The molecule has 1 heterocycles. The highest BCUT2D eigenvalue weighted by atomic mass is 19.1. The Morgan fingerprint density at radius 2 is 2.10 bits per heavy atom. The van der Waals surface area contributed by atoms with E-state index in [4.69, 9.17) is 10.5 Å². The number of hydrogen-bond acceptors (Lipinski definition) is 4. The van der Waals surface area contributed by atoms with Gasteiger partial charge in [0.2, 0.25) is 0 Å². The van der Waals surface area contributed by atoms with Crippen molar-refractivity contribution in [2.45, 2.75) is 13.3 Å². The number of esters is 1. The van der Waals surface area contributed by atoms with Crippen LogP contribution in [0.25, 0.3) is 12.3 Å². The van der Waals surface area contributed by atoms with Gasteiger partial charge < -0.3 is 10.5 Å². The van der Waals surface area contributed by atoms with Crippen molar-refractivity contribution >= 4 is 24.1 Å². The molecular formula is C15H16FN3O2. The lowest BCUT2D eigenvalue weighted by atomic mass is 10.2. The van der Waals surface area contributed by atoms with Gasteiger partial charge in [-0.1, -0.05) is 19.1 Å². The van der Waals surface area contributed by atoms with E-state index < -0.39 is 5.97 Å². The van der Waals surface area contributed by atoms with Gasteiger partial charge >= 0.3 is 5.97 Å². The molecule has 2 aromatic rings. The van der Waals surface area contributed by atoms with E-state index >= 15 is 0 Å². The van der Waals surface area contributed by atoms with Crippen molar-refractivity contribution in [3.8, 4) is 0 Å². The molecule has 6 heteroatoms. The average molecular weight is 289 g/mol. The molecule has 0 fully saturated rings. The second-order valence-electron chi connectivity index (χ2n) is 4.36. The number of halogens is 1. The summed E-state index contributed by atoms with van der Waals surface area (Å²) < 4.78 is 19.0. The molecular weight excluding hydrogens is 273 g/mol. The molecule has 2 N–H and O–H groups in total. The number of carbonyl (C=O) groups is 1. The number of ether oxygens (including phenoxy) is 1. The third kappa shape index (κ3) is 3.10. The Labute approximate surface area is 121 Å². The first-order valence-corrected chi connectivity index (χ1v) is 6.45. The Balaban J connectivity index is 2.34. The monoisotopic (exact) mass is 289 g/mol. The highest BCUT2D eigenvalue weighted by Crippen LogP contribution is 2.19. The van der Waals surface area contributed by atoms with Gasteiger partial charge in [0, 0.05) is 6.20 Å². The summed E-state index contributed by atoms with van der Waals surface area (Å²) >= 11 is 0. The molecule has 0 aliphatic carbocycles. The molecule has 21 heavy (non-hydrogen) atoms. The Bertz CT molecular complexity index is 675. The smallest absolute Gasteiger partial charge is 0.343 e. The fraction of sp³-hybridized carbons (Fsp3) is 0.200. The molecule has 2 rings (SSSR count). The van der Waals surface area contributed by atoms with Crippen molar-refractivity contribution in [1.82, 2.24) is 9.78 Å². The first kappa shape index (κ1) is 14.8. The zero-order valence-electron chi connectivity index (χ0n) is 11.8. The summed E-state index contributed by atoms with van der Waals surface area (Å²) in [6.07, 6.45) is 3.91. The standard InChI is InChI=1S/C15H16FN3O2/c1-3-12-13(15(20)21-2)14(17)19(18-12)9-8-10-4-6-11(16)7-5-10/h4-9H,3,17H2,1-2H3/b9-8+. The zero-order chi connectivity index (χ0) is 15.4. The molecule has 0 unspecified atom stereocenters. The van der Waals surface area contributed by atoms with Crippen LogP contribution in [-0.2, 0) is 11.2 Å². The summed E-state index contributed by atoms with van der Waals surface area (Å²) in [6, 6.07) is 5.99. The molecule has 0 atom stereocenters. The molecule has 0 spiro atoms. The molecule has 110 valence electrons. The van der Waals surface area contributed by atoms with Crippen molar-refractivity contribution in [3.05, 3.63) is 46.9 Å². The highest BCUT2D eigenvalue weighted by Gasteiger charge is 2.20. The Hall–Kier alpha value is -2.63. The second-order valence-corrected chi connectivity index (χ2v) is 4.36. The number of nitrogen functional groups attached to an aromatic ring is 1. The summed E-state index contributed by atoms with van der Waals surface area (Å²) in [5.74, 6) is -0.588. The topological polar surface area (TPSA) is 70.1 Å². The van der Waals surface area contributed by atoms with Crippen LogP contribution in [0.15, 0.2) is 24.3 Å².